The smallest absolute Gasteiger partial charge is 0.331 e. The highest BCUT2D eigenvalue weighted by atomic mass is 16.8. The van der Waals surface area contributed by atoms with E-state index >= 15 is 0 Å². The minimum absolute atomic E-state index is 0.0475. The largest absolute Gasteiger partial charge is 0.456 e. The van der Waals surface area contributed by atoms with Crippen molar-refractivity contribution in [3.8, 4) is 0 Å². The van der Waals surface area contributed by atoms with Crippen LogP contribution in [0.3, 0.4) is 0 Å². The molecule has 0 saturated carbocycles. The third-order valence-corrected chi connectivity index (χ3v) is 17.6. The first-order valence-corrected chi connectivity index (χ1v) is 32.3. The predicted molar refractivity (Wildman–Crippen MR) is 313 cm³/mol. The summed E-state index contributed by atoms with van der Waals surface area (Å²) in [4.78, 5) is 55.1. The Balaban J connectivity index is 1.25. The van der Waals surface area contributed by atoms with Gasteiger partial charge in [0.05, 0.1) is 48.5 Å². The van der Waals surface area contributed by atoms with Gasteiger partial charge in [-0.15, -0.1) is 0 Å². The van der Waals surface area contributed by atoms with Crippen LogP contribution in [-0.2, 0) is 85.5 Å². The summed E-state index contributed by atoms with van der Waals surface area (Å²) in [5.41, 5.74) is 0.659. The maximum Gasteiger partial charge on any atom is 0.331 e. The van der Waals surface area contributed by atoms with E-state index < -0.39 is 189 Å². The lowest BCUT2D eigenvalue weighted by atomic mass is 9.95. The van der Waals surface area contributed by atoms with Crippen LogP contribution in [0, 0.1) is 11.8 Å². The molecular formula is C64H100O25. The number of carbonyl (C=O) groups excluding carboxylic acids is 4. The first-order valence-electron chi connectivity index (χ1n) is 32.3. The zero-order valence-corrected chi connectivity index (χ0v) is 53.1. The summed E-state index contributed by atoms with van der Waals surface area (Å²) in [7, 11) is 0. The van der Waals surface area contributed by atoms with Crippen molar-refractivity contribution < 1.29 is 121 Å². The Bertz CT molecular complexity index is 2360. The van der Waals surface area contributed by atoms with Crippen LogP contribution < -0.4 is 0 Å². The Kier molecular flexibility index (Phi) is 28.0. The summed E-state index contributed by atoms with van der Waals surface area (Å²) < 4.78 is 88.7. The fraction of sp³-hybridized carbons (Fsp3) is 0.812. The van der Waals surface area contributed by atoms with Crippen molar-refractivity contribution in [2.24, 2.45) is 11.8 Å². The van der Waals surface area contributed by atoms with Crippen LogP contribution >= 0.6 is 0 Å². The molecule has 25 nitrogen and oxygen atoms in total. The molecule has 7 rings (SSSR count). The average molecular weight is 1270 g/mol. The molecule has 89 heavy (non-hydrogen) atoms. The lowest BCUT2D eigenvalue weighted by Gasteiger charge is -2.51. The first kappa shape index (κ1) is 72.6. The number of aliphatic hydroxyl groups is 7. The van der Waals surface area contributed by atoms with Gasteiger partial charge in [-0.3, -0.25) is 14.4 Å². The molecule has 27 atom stereocenters. The highest BCUT2D eigenvalue weighted by molar-refractivity contribution is 5.87. The monoisotopic (exact) mass is 1270 g/mol. The van der Waals surface area contributed by atoms with Crippen molar-refractivity contribution in [3.05, 3.63) is 42.0 Å². The maximum atomic E-state index is 14.3. The fourth-order valence-corrected chi connectivity index (χ4v) is 11.8. The average Bonchev–Trinajstić information content (AvgIpc) is 3.62. The van der Waals surface area contributed by atoms with E-state index in [1.807, 2.05) is 0 Å². The number of ether oxygens (including phenoxy) is 14. The molecule has 0 unspecified atom stereocenters. The van der Waals surface area contributed by atoms with Crippen molar-refractivity contribution in [3.63, 3.8) is 0 Å². The van der Waals surface area contributed by atoms with Gasteiger partial charge in [-0.05, 0) is 71.9 Å². The number of esters is 4. The predicted octanol–water partition coefficient (Wildman–Crippen LogP) is 4.33. The summed E-state index contributed by atoms with van der Waals surface area (Å²) >= 11 is 0. The van der Waals surface area contributed by atoms with Crippen LogP contribution in [0.5, 0.6) is 0 Å². The molecule has 6 aliphatic rings. The van der Waals surface area contributed by atoms with E-state index in [0.29, 0.717) is 24.8 Å². The Morgan fingerprint density at radius 1 is 0.528 bits per heavy atom. The number of unbranched alkanes of at least 4 members (excludes halogenated alkanes) is 2. The van der Waals surface area contributed by atoms with Crippen molar-refractivity contribution in [2.75, 3.05) is 0 Å². The lowest BCUT2D eigenvalue weighted by Crippen LogP contribution is -2.68. The van der Waals surface area contributed by atoms with Gasteiger partial charge in [0, 0.05) is 12.5 Å². The molecule has 6 saturated heterocycles. The molecule has 0 aromatic heterocycles. The van der Waals surface area contributed by atoms with Crippen LogP contribution in [0.1, 0.15) is 165 Å². The minimum Gasteiger partial charge on any atom is -0.456 e. The maximum absolute atomic E-state index is 14.3. The molecule has 0 spiro atoms. The molecule has 1 aromatic carbocycles. The molecule has 0 radical (unpaired) electrons. The van der Waals surface area contributed by atoms with E-state index in [9.17, 15) is 54.9 Å². The molecule has 2 bridgehead atoms. The van der Waals surface area contributed by atoms with E-state index in [-0.39, 0.29) is 18.9 Å². The second kappa shape index (κ2) is 34.4. The summed E-state index contributed by atoms with van der Waals surface area (Å²) in [5.74, 6) is -4.56. The number of benzene rings is 1. The van der Waals surface area contributed by atoms with Gasteiger partial charge in [-0.25, -0.2) is 4.79 Å². The Morgan fingerprint density at radius 3 is 1.79 bits per heavy atom. The van der Waals surface area contributed by atoms with Gasteiger partial charge in [0.2, 0.25) is 0 Å². The van der Waals surface area contributed by atoms with Gasteiger partial charge < -0.3 is 102 Å². The van der Waals surface area contributed by atoms with Gasteiger partial charge in [-0.1, -0.05) is 123 Å². The van der Waals surface area contributed by atoms with Gasteiger partial charge in [0.25, 0.3) is 0 Å². The highest BCUT2D eigenvalue weighted by Gasteiger charge is 2.59. The Morgan fingerprint density at radius 2 is 1.10 bits per heavy atom. The highest BCUT2D eigenvalue weighted by Crippen LogP contribution is 2.40. The number of rotatable bonds is 18. The first-order chi connectivity index (χ1) is 42.4. The molecule has 6 heterocycles. The quantitative estimate of drug-likeness (QED) is 0.0465. The second-order valence-corrected chi connectivity index (χ2v) is 25.0. The van der Waals surface area contributed by atoms with Crippen molar-refractivity contribution in [2.45, 2.75) is 319 Å². The molecule has 6 aliphatic heterocycles. The van der Waals surface area contributed by atoms with Gasteiger partial charge in [0.15, 0.2) is 55.9 Å². The Hall–Kier alpha value is -3.84. The number of hydrogen-bond donors (Lipinski definition) is 7. The summed E-state index contributed by atoms with van der Waals surface area (Å²) in [6.07, 6.45) is -26.4. The van der Waals surface area contributed by atoms with Gasteiger partial charge >= 0.3 is 23.9 Å². The number of fused-ring (bicyclic) bond motifs is 3. The molecule has 1 aromatic rings. The van der Waals surface area contributed by atoms with Crippen LogP contribution in [0.2, 0.25) is 0 Å². The molecule has 0 amide bonds. The van der Waals surface area contributed by atoms with Crippen molar-refractivity contribution in [1.82, 2.24) is 0 Å². The third-order valence-electron chi connectivity index (χ3n) is 17.6. The summed E-state index contributed by atoms with van der Waals surface area (Å²) in [5, 5.41) is 81.1. The topological polar surface area (TPSA) is 339 Å². The number of hydrogen-bond acceptors (Lipinski definition) is 25. The number of carbonyl (C=O) groups is 4. The Labute approximate surface area is 522 Å². The fourth-order valence-electron chi connectivity index (χ4n) is 11.8. The molecule has 0 aliphatic carbocycles. The van der Waals surface area contributed by atoms with E-state index in [2.05, 4.69) is 6.92 Å². The SMILES string of the molecule is CCCCC[C@H]1CCCCCCCCCC(=O)O[C@H]2[C@@H](O)[C@H](O[C@H]3[C@H](O1)O[C@H](C)[C@H](O)[C@@H]3O)O[C@@H](C)[C@@H]2O[C@@H]1O[C@@H](C)[C@H](O[C@@H]2O[C@@H](C)[C@H](OC(=O)C(C)C)[C@@H](OC(=O)/C=C/c3ccccc3)[C@H]2O)[C@@H](O[C@@H]2O[C@@H](C)[C@H](O)[C@@H](O)[C@H]2O)[C@H]1OC(=O)[C@@H](C)CC. The minimum atomic E-state index is -1.95. The molecule has 7 N–H and O–H groups in total. The molecular weight excluding hydrogens is 1170 g/mol. The van der Waals surface area contributed by atoms with E-state index in [4.69, 9.17) is 66.3 Å². The van der Waals surface area contributed by atoms with Crippen molar-refractivity contribution in [1.29, 1.82) is 0 Å². The zero-order chi connectivity index (χ0) is 64.8. The van der Waals surface area contributed by atoms with Crippen molar-refractivity contribution >= 4 is 30.0 Å². The zero-order valence-electron chi connectivity index (χ0n) is 53.1. The van der Waals surface area contributed by atoms with Gasteiger partial charge in [-0.2, -0.15) is 0 Å². The molecule has 6 fully saturated rings. The normalized spacial score (nSPS) is 41.0. The molecule has 25 heteroatoms. The van der Waals surface area contributed by atoms with Crippen LogP contribution in [0.4, 0.5) is 0 Å². The van der Waals surface area contributed by atoms with E-state index in [0.717, 1.165) is 63.9 Å². The number of aliphatic hydroxyl groups excluding tert-OH is 7. The standard InChI is InChI=1S/C64H100O25/c1-11-13-20-27-40-28-23-17-15-14-16-18-24-29-41(65)82-54-49(73)62(88-55-46(70)44(68)35(7)77-63(55)81-40)79-37(9)51(54)87-64-57(85-59(75)33(5)12-2)56(89-60-47(71)45(69)43(67)34(6)76-60)52(38(10)80-64)86-61-48(72)53(50(36(8)78-61)84-58(74)32(3)4)83-42(66)31-30-39-25-21-19-22-26-39/h19,21-22,25-26,30-38,40,43-57,60-64,67-73H,11-18,20,23-24,27-29H2,1-10H3/b31-30+/t33-,34-,35+,36-,37-,38-,40-,43-,44-,45+,46-,47+,48+,49+,50-,51-,52-,53-,54-,55+,56+,57+,60-,61-,62-,63-,64-/m0/s1. The van der Waals surface area contributed by atoms with Crippen LogP contribution in [0.25, 0.3) is 6.08 Å². The van der Waals surface area contributed by atoms with Gasteiger partial charge in [0.1, 0.15) is 67.1 Å². The van der Waals surface area contributed by atoms with E-state index in [1.165, 1.54) is 33.8 Å². The lowest BCUT2D eigenvalue weighted by molar-refractivity contribution is -0.399. The summed E-state index contributed by atoms with van der Waals surface area (Å²) in [6, 6.07) is 8.85. The summed E-state index contributed by atoms with van der Waals surface area (Å²) in [6.45, 7) is 16.2. The van der Waals surface area contributed by atoms with Crippen LogP contribution in [0.15, 0.2) is 36.4 Å². The molecule has 506 valence electrons. The third kappa shape index (κ3) is 19.2. The second-order valence-electron chi connectivity index (χ2n) is 25.0. The van der Waals surface area contributed by atoms with E-state index in [1.54, 1.807) is 65.0 Å². The van der Waals surface area contributed by atoms with Crippen LogP contribution in [-0.4, -0.2) is 219 Å².